The fourth-order valence-electron chi connectivity index (χ4n) is 2.05. The number of rotatable bonds is 8. The molecule has 10 nitrogen and oxygen atoms in total. The summed E-state index contributed by atoms with van der Waals surface area (Å²) in [6.07, 6.45) is 0. The molecule has 2 aromatic rings. The molecule has 0 atom stereocenters. The van der Waals surface area contributed by atoms with Gasteiger partial charge in [-0.05, 0) is 36.4 Å². The summed E-state index contributed by atoms with van der Waals surface area (Å²) < 4.78 is 9.49. The van der Waals surface area contributed by atoms with Crippen LogP contribution >= 0.6 is 0 Å². The van der Waals surface area contributed by atoms with E-state index in [1.54, 1.807) is 0 Å². The van der Waals surface area contributed by atoms with Crippen LogP contribution in [0.3, 0.4) is 0 Å². The van der Waals surface area contributed by atoms with Gasteiger partial charge in [0.25, 0.3) is 0 Å². The number of aliphatic hydroxyl groups excluding tert-OH is 2. The lowest BCUT2D eigenvalue weighted by molar-refractivity contribution is 0.0423. The average Bonchev–Trinajstić information content (AvgIpc) is 2.70. The van der Waals surface area contributed by atoms with E-state index in [9.17, 15) is 19.8 Å². The van der Waals surface area contributed by atoms with Gasteiger partial charge >= 0.3 is 11.9 Å². The predicted octanol–water partition coefficient (Wildman–Crippen LogP) is 1.81. The van der Waals surface area contributed by atoms with Gasteiger partial charge in [-0.1, -0.05) is 0 Å². The highest BCUT2D eigenvalue weighted by Crippen LogP contribution is 2.28. The minimum Gasteiger partial charge on any atom is -0.507 e. The van der Waals surface area contributed by atoms with Crippen LogP contribution in [0, 0.1) is 0 Å². The third-order valence-corrected chi connectivity index (χ3v) is 3.33. The van der Waals surface area contributed by atoms with Crippen molar-refractivity contribution in [2.45, 2.75) is 0 Å². The summed E-state index contributed by atoms with van der Waals surface area (Å²) in [5.41, 5.74) is 0.130. The van der Waals surface area contributed by atoms with Gasteiger partial charge in [0.05, 0.1) is 24.6 Å². The van der Waals surface area contributed by atoms with E-state index >= 15 is 0 Å². The Kier molecular flexibility index (Phi) is 7.43. The van der Waals surface area contributed by atoms with Crippen molar-refractivity contribution in [1.29, 1.82) is 0 Å². The first-order chi connectivity index (χ1) is 13.5. The predicted molar refractivity (Wildman–Crippen MR) is 95.1 cm³/mol. The first-order valence-corrected chi connectivity index (χ1v) is 8.10. The summed E-state index contributed by atoms with van der Waals surface area (Å²) in [7, 11) is 0. The standard InChI is InChI=1S/C18H18N2O8/c21-5-7-27-17(25)13-9-11(1-3-15(13)23)19-20-12-2-4-16(24)14(10-12)18(26)28-8-6-22/h1-4,9-10,21-24H,5-8H2. The highest BCUT2D eigenvalue weighted by atomic mass is 16.5. The molecule has 2 rings (SSSR count). The van der Waals surface area contributed by atoms with Crippen molar-refractivity contribution in [1.82, 2.24) is 0 Å². The number of nitrogens with zero attached hydrogens (tertiary/aromatic N) is 2. The highest BCUT2D eigenvalue weighted by Gasteiger charge is 2.15. The molecule has 0 radical (unpaired) electrons. The SMILES string of the molecule is O=C(OCCO)c1cc(N=Nc2ccc(O)c(C(=O)OCCO)c2)ccc1O. The van der Waals surface area contributed by atoms with E-state index in [0.717, 1.165) is 0 Å². The highest BCUT2D eigenvalue weighted by molar-refractivity contribution is 5.94. The third-order valence-electron chi connectivity index (χ3n) is 3.33. The van der Waals surface area contributed by atoms with E-state index in [1.807, 2.05) is 0 Å². The second-order valence-electron chi connectivity index (χ2n) is 5.32. The molecule has 0 aliphatic heterocycles. The number of azo groups is 1. The molecule has 148 valence electrons. The van der Waals surface area contributed by atoms with E-state index in [2.05, 4.69) is 10.2 Å². The number of benzene rings is 2. The van der Waals surface area contributed by atoms with Crippen LogP contribution in [0.4, 0.5) is 11.4 Å². The molecule has 0 heterocycles. The van der Waals surface area contributed by atoms with Crippen LogP contribution < -0.4 is 0 Å². The van der Waals surface area contributed by atoms with Crippen LogP contribution in [-0.2, 0) is 9.47 Å². The fraction of sp³-hybridized carbons (Fsp3) is 0.222. The number of aromatic hydroxyl groups is 2. The molecule has 0 fully saturated rings. The molecule has 10 heteroatoms. The largest absolute Gasteiger partial charge is 0.507 e. The number of hydrogen-bond donors (Lipinski definition) is 4. The lowest BCUT2D eigenvalue weighted by Gasteiger charge is -2.06. The summed E-state index contributed by atoms with van der Waals surface area (Å²) in [6, 6.07) is 7.76. The van der Waals surface area contributed by atoms with Crippen molar-refractivity contribution in [3.63, 3.8) is 0 Å². The summed E-state index contributed by atoms with van der Waals surface area (Å²) in [5, 5.41) is 44.7. The van der Waals surface area contributed by atoms with Crippen molar-refractivity contribution in [3.05, 3.63) is 47.5 Å². The molecule has 0 saturated carbocycles. The van der Waals surface area contributed by atoms with Gasteiger partial charge in [-0.25, -0.2) is 9.59 Å². The second-order valence-corrected chi connectivity index (χ2v) is 5.32. The zero-order valence-electron chi connectivity index (χ0n) is 14.6. The lowest BCUT2D eigenvalue weighted by atomic mass is 10.2. The number of carbonyl (C=O) groups is 2. The van der Waals surface area contributed by atoms with Gasteiger partial charge in [-0.3, -0.25) is 0 Å². The number of aliphatic hydroxyl groups is 2. The smallest absolute Gasteiger partial charge is 0.342 e. The number of phenolic OH excluding ortho intramolecular Hbond substituents is 2. The van der Waals surface area contributed by atoms with Gasteiger partial charge in [-0.15, -0.1) is 0 Å². The quantitative estimate of drug-likeness (QED) is 0.392. The Morgan fingerprint density at radius 2 is 1.14 bits per heavy atom. The Morgan fingerprint density at radius 1 is 0.750 bits per heavy atom. The lowest BCUT2D eigenvalue weighted by Crippen LogP contribution is -2.08. The number of carbonyl (C=O) groups excluding carboxylic acids is 2. The number of ether oxygens (including phenoxy) is 2. The molecular formula is C18H18N2O8. The zero-order valence-corrected chi connectivity index (χ0v) is 14.6. The van der Waals surface area contributed by atoms with E-state index in [4.69, 9.17) is 19.7 Å². The second kappa shape index (κ2) is 10.00. The molecule has 0 bridgehead atoms. The molecule has 4 N–H and O–H groups in total. The Morgan fingerprint density at radius 3 is 1.50 bits per heavy atom. The molecule has 0 unspecified atom stereocenters. The van der Waals surface area contributed by atoms with E-state index in [1.165, 1.54) is 36.4 Å². The maximum absolute atomic E-state index is 11.8. The Balaban J connectivity index is 2.21. The van der Waals surface area contributed by atoms with Crippen LogP contribution in [0.2, 0.25) is 0 Å². The monoisotopic (exact) mass is 390 g/mol. The van der Waals surface area contributed by atoms with Gasteiger partial charge in [0.15, 0.2) is 0 Å². The number of phenols is 2. The summed E-state index contributed by atoms with van der Waals surface area (Å²) in [4.78, 5) is 23.7. The number of esters is 2. The average molecular weight is 390 g/mol. The van der Waals surface area contributed by atoms with Crippen molar-refractivity contribution in [3.8, 4) is 11.5 Å². The zero-order chi connectivity index (χ0) is 20.5. The van der Waals surface area contributed by atoms with E-state index in [0.29, 0.717) is 0 Å². The molecule has 0 amide bonds. The molecule has 28 heavy (non-hydrogen) atoms. The third kappa shape index (κ3) is 5.50. The van der Waals surface area contributed by atoms with Gasteiger partial charge < -0.3 is 29.9 Å². The van der Waals surface area contributed by atoms with Crippen molar-refractivity contribution in [2.75, 3.05) is 26.4 Å². The van der Waals surface area contributed by atoms with Gasteiger partial charge in [-0.2, -0.15) is 10.2 Å². The van der Waals surface area contributed by atoms with Gasteiger partial charge in [0, 0.05) is 0 Å². The Hall–Kier alpha value is -3.50. The van der Waals surface area contributed by atoms with Gasteiger partial charge in [0.1, 0.15) is 35.8 Å². The van der Waals surface area contributed by atoms with Crippen LogP contribution in [-0.4, -0.2) is 58.8 Å². The van der Waals surface area contributed by atoms with Crippen LogP contribution in [0.5, 0.6) is 11.5 Å². The first kappa shape index (κ1) is 20.8. The molecule has 0 saturated heterocycles. The van der Waals surface area contributed by atoms with Crippen LogP contribution in [0.1, 0.15) is 20.7 Å². The van der Waals surface area contributed by atoms with Crippen LogP contribution in [0.15, 0.2) is 46.6 Å². The van der Waals surface area contributed by atoms with Crippen LogP contribution in [0.25, 0.3) is 0 Å². The summed E-state index contributed by atoms with van der Waals surface area (Å²) in [6.45, 7) is -1.13. The first-order valence-electron chi connectivity index (χ1n) is 8.10. The summed E-state index contributed by atoms with van der Waals surface area (Å²) >= 11 is 0. The van der Waals surface area contributed by atoms with Crippen molar-refractivity contribution < 1.29 is 39.5 Å². The minimum absolute atomic E-state index is 0.149. The Labute approximate surface area is 159 Å². The molecule has 2 aromatic carbocycles. The molecular weight excluding hydrogens is 372 g/mol. The minimum atomic E-state index is -0.831. The Bertz CT molecular complexity index is 810. The van der Waals surface area contributed by atoms with Crippen molar-refractivity contribution >= 4 is 23.3 Å². The summed E-state index contributed by atoms with van der Waals surface area (Å²) in [5.74, 6) is -2.30. The number of hydrogen-bond acceptors (Lipinski definition) is 10. The maximum atomic E-state index is 11.8. The molecule has 0 spiro atoms. The van der Waals surface area contributed by atoms with E-state index < -0.39 is 11.9 Å². The normalized spacial score (nSPS) is 10.8. The molecule has 0 aliphatic carbocycles. The fourth-order valence-corrected chi connectivity index (χ4v) is 2.05. The molecule has 0 aromatic heterocycles. The maximum Gasteiger partial charge on any atom is 0.342 e. The van der Waals surface area contributed by atoms with Gasteiger partial charge in [0.2, 0.25) is 0 Å². The van der Waals surface area contributed by atoms with E-state index in [-0.39, 0.29) is 60.4 Å². The topological polar surface area (TPSA) is 158 Å². The molecule has 0 aliphatic rings. The van der Waals surface area contributed by atoms with Crippen molar-refractivity contribution in [2.24, 2.45) is 10.2 Å².